The van der Waals surface area contributed by atoms with E-state index in [4.69, 9.17) is 4.74 Å². The Labute approximate surface area is 141 Å². The SMILES string of the molecule is Cc1cnc(C(=O)Nc2ccc(N3C[C@@H](C)O[C@H](C)C3)nc2)cn1. The first-order valence-corrected chi connectivity index (χ1v) is 7.97. The predicted molar refractivity (Wildman–Crippen MR) is 91.2 cm³/mol. The van der Waals surface area contributed by atoms with E-state index >= 15 is 0 Å². The van der Waals surface area contributed by atoms with E-state index in [0.29, 0.717) is 5.69 Å². The molecule has 7 heteroatoms. The number of nitrogens with zero attached hydrogens (tertiary/aromatic N) is 4. The molecule has 3 heterocycles. The molecule has 0 saturated carbocycles. The molecule has 1 N–H and O–H groups in total. The zero-order chi connectivity index (χ0) is 17.1. The lowest BCUT2D eigenvalue weighted by atomic mass is 10.2. The molecule has 126 valence electrons. The summed E-state index contributed by atoms with van der Waals surface area (Å²) < 4.78 is 5.73. The normalized spacial score (nSPS) is 20.7. The van der Waals surface area contributed by atoms with Crippen molar-refractivity contribution in [3.8, 4) is 0 Å². The number of hydrogen-bond donors (Lipinski definition) is 1. The van der Waals surface area contributed by atoms with E-state index in [9.17, 15) is 4.79 Å². The maximum Gasteiger partial charge on any atom is 0.275 e. The van der Waals surface area contributed by atoms with Gasteiger partial charge in [0.1, 0.15) is 11.5 Å². The molecule has 1 aliphatic rings. The first-order valence-electron chi connectivity index (χ1n) is 7.97. The Bertz CT molecular complexity index is 692. The van der Waals surface area contributed by atoms with Gasteiger partial charge in [0.15, 0.2) is 0 Å². The molecular formula is C17H21N5O2. The largest absolute Gasteiger partial charge is 0.372 e. The van der Waals surface area contributed by atoms with Crippen LogP contribution in [0.2, 0.25) is 0 Å². The van der Waals surface area contributed by atoms with Crippen LogP contribution in [-0.4, -0.2) is 46.2 Å². The lowest BCUT2D eigenvalue weighted by Crippen LogP contribution is -2.45. The molecule has 1 saturated heterocycles. The molecule has 3 rings (SSSR count). The molecule has 0 unspecified atom stereocenters. The van der Waals surface area contributed by atoms with Crippen LogP contribution in [0.3, 0.4) is 0 Å². The van der Waals surface area contributed by atoms with Crippen molar-refractivity contribution >= 4 is 17.4 Å². The van der Waals surface area contributed by atoms with Crippen LogP contribution < -0.4 is 10.2 Å². The number of pyridine rings is 1. The van der Waals surface area contributed by atoms with Gasteiger partial charge in [0.2, 0.25) is 0 Å². The molecule has 24 heavy (non-hydrogen) atoms. The number of nitrogens with one attached hydrogen (secondary N) is 1. The van der Waals surface area contributed by atoms with Crippen LogP contribution >= 0.6 is 0 Å². The Balaban J connectivity index is 1.66. The van der Waals surface area contributed by atoms with E-state index < -0.39 is 0 Å². The summed E-state index contributed by atoms with van der Waals surface area (Å²) in [5.74, 6) is 0.579. The van der Waals surface area contributed by atoms with E-state index in [0.717, 1.165) is 24.6 Å². The standard InChI is InChI=1S/C17H21N5O2/c1-11-6-19-15(8-18-11)17(23)21-14-4-5-16(20-7-14)22-9-12(2)24-13(3)10-22/h4-8,12-13H,9-10H2,1-3H3,(H,21,23)/t12-,13-/m1/s1. The average Bonchev–Trinajstić information content (AvgIpc) is 2.55. The van der Waals surface area contributed by atoms with Crippen LogP contribution in [0.1, 0.15) is 30.0 Å². The average molecular weight is 327 g/mol. The van der Waals surface area contributed by atoms with Crippen LogP contribution in [0, 0.1) is 6.92 Å². The molecule has 2 aromatic rings. The molecule has 2 aromatic heterocycles. The van der Waals surface area contributed by atoms with Crippen molar-refractivity contribution < 1.29 is 9.53 Å². The molecule has 0 aromatic carbocycles. The number of morpholine rings is 1. The van der Waals surface area contributed by atoms with Crippen molar-refractivity contribution in [1.29, 1.82) is 0 Å². The maximum atomic E-state index is 12.1. The zero-order valence-corrected chi connectivity index (χ0v) is 14.1. The highest BCUT2D eigenvalue weighted by Gasteiger charge is 2.23. The molecule has 1 aliphatic heterocycles. The first-order chi connectivity index (χ1) is 11.5. The molecule has 0 spiro atoms. The summed E-state index contributed by atoms with van der Waals surface area (Å²) in [7, 11) is 0. The molecular weight excluding hydrogens is 306 g/mol. The highest BCUT2D eigenvalue weighted by atomic mass is 16.5. The molecule has 0 radical (unpaired) electrons. The number of amides is 1. The van der Waals surface area contributed by atoms with E-state index in [1.807, 2.05) is 19.1 Å². The molecule has 0 aliphatic carbocycles. The third-order valence-corrected chi connectivity index (χ3v) is 3.76. The lowest BCUT2D eigenvalue weighted by molar-refractivity contribution is -0.00545. The Kier molecular flexibility index (Phi) is 4.71. The van der Waals surface area contributed by atoms with Gasteiger partial charge in [0.25, 0.3) is 5.91 Å². The Hall–Kier alpha value is -2.54. The number of rotatable bonds is 3. The van der Waals surface area contributed by atoms with Crippen molar-refractivity contribution in [1.82, 2.24) is 15.0 Å². The number of anilines is 2. The number of hydrogen-bond acceptors (Lipinski definition) is 6. The van der Waals surface area contributed by atoms with Gasteiger partial charge < -0.3 is 15.0 Å². The third kappa shape index (κ3) is 3.86. The summed E-state index contributed by atoms with van der Waals surface area (Å²) in [5, 5.41) is 2.78. The van der Waals surface area contributed by atoms with Gasteiger partial charge >= 0.3 is 0 Å². The van der Waals surface area contributed by atoms with E-state index in [2.05, 4.69) is 39.0 Å². The Morgan fingerprint density at radius 1 is 1.12 bits per heavy atom. The summed E-state index contributed by atoms with van der Waals surface area (Å²) in [6.07, 6.45) is 5.03. The lowest BCUT2D eigenvalue weighted by Gasteiger charge is -2.36. The topological polar surface area (TPSA) is 80.2 Å². The third-order valence-electron chi connectivity index (χ3n) is 3.76. The summed E-state index contributed by atoms with van der Waals surface area (Å²) >= 11 is 0. The van der Waals surface area contributed by atoms with Crippen LogP contribution in [0.25, 0.3) is 0 Å². The number of aromatic nitrogens is 3. The first kappa shape index (κ1) is 16.3. The van der Waals surface area contributed by atoms with Crippen molar-refractivity contribution in [2.45, 2.75) is 33.0 Å². The second kappa shape index (κ2) is 6.92. The van der Waals surface area contributed by atoms with Crippen molar-refractivity contribution in [2.75, 3.05) is 23.3 Å². The van der Waals surface area contributed by atoms with Crippen molar-refractivity contribution in [3.63, 3.8) is 0 Å². The summed E-state index contributed by atoms with van der Waals surface area (Å²) in [4.78, 5) is 26.9. The zero-order valence-electron chi connectivity index (χ0n) is 14.1. The van der Waals surface area contributed by atoms with Crippen LogP contribution in [0.15, 0.2) is 30.7 Å². The summed E-state index contributed by atoms with van der Waals surface area (Å²) in [6, 6.07) is 3.74. The second-order valence-electron chi connectivity index (χ2n) is 6.06. The highest BCUT2D eigenvalue weighted by molar-refractivity contribution is 6.02. The van der Waals surface area contributed by atoms with Gasteiger partial charge in [-0.15, -0.1) is 0 Å². The fourth-order valence-corrected chi connectivity index (χ4v) is 2.72. The minimum atomic E-state index is -0.300. The van der Waals surface area contributed by atoms with Gasteiger partial charge in [0.05, 0.1) is 36.0 Å². The number of aryl methyl sites for hydroxylation is 1. The van der Waals surface area contributed by atoms with Crippen LogP contribution in [0.5, 0.6) is 0 Å². The van der Waals surface area contributed by atoms with Crippen molar-refractivity contribution in [2.24, 2.45) is 0 Å². The van der Waals surface area contributed by atoms with E-state index in [1.54, 1.807) is 12.4 Å². The summed E-state index contributed by atoms with van der Waals surface area (Å²) in [5.41, 5.74) is 1.67. The molecule has 7 nitrogen and oxygen atoms in total. The molecule has 2 atom stereocenters. The second-order valence-corrected chi connectivity index (χ2v) is 6.06. The van der Waals surface area contributed by atoms with Gasteiger partial charge in [-0.05, 0) is 32.9 Å². The van der Waals surface area contributed by atoms with Crippen molar-refractivity contribution in [3.05, 3.63) is 42.1 Å². The van der Waals surface area contributed by atoms with Gasteiger partial charge in [-0.25, -0.2) is 9.97 Å². The smallest absolute Gasteiger partial charge is 0.275 e. The molecule has 0 bridgehead atoms. The maximum absolute atomic E-state index is 12.1. The number of carbonyl (C=O) groups excluding carboxylic acids is 1. The fourth-order valence-electron chi connectivity index (χ4n) is 2.72. The fraction of sp³-hybridized carbons (Fsp3) is 0.412. The molecule has 1 fully saturated rings. The van der Waals surface area contributed by atoms with Gasteiger partial charge in [-0.1, -0.05) is 0 Å². The Morgan fingerprint density at radius 3 is 2.46 bits per heavy atom. The monoisotopic (exact) mass is 327 g/mol. The quantitative estimate of drug-likeness (QED) is 0.929. The minimum Gasteiger partial charge on any atom is -0.372 e. The van der Waals surface area contributed by atoms with Crippen LogP contribution in [-0.2, 0) is 4.74 Å². The van der Waals surface area contributed by atoms with Gasteiger partial charge in [-0.2, -0.15) is 0 Å². The van der Waals surface area contributed by atoms with E-state index in [-0.39, 0.29) is 23.8 Å². The summed E-state index contributed by atoms with van der Waals surface area (Å²) in [6.45, 7) is 7.55. The number of ether oxygens (including phenoxy) is 1. The highest BCUT2D eigenvalue weighted by Crippen LogP contribution is 2.19. The van der Waals surface area contributed by atoms with Crippen LogP contribution in [0.4, 0.5) is 11.5 Å². The van der Waals surface area contributed by atoms with Gasteiger partial charge in [-0.3, -0.25) is 9.78 Å². The Morgan fingerprint density at radius 2 is 1.88 bits per heavy atom. The molecule has 1 amide bonds. The minimum absolute atomic E-state index is 0.176. The van der Waals surface area contributed by atoms with E-state index in [1.165, 1.54) is 6.20 Å². The van der Waals surface area contributed by atoms with Gasteiger partial charge in [0, 0.05) is 19.3 Å². The predicted octanol–water partition coefficient (Wildman–Crippen LogP) is 2.05. The number of carbonyl (C=O) groups is 1.